The average Bonchev–Trinajstić information content (AvgIpc) is 3.49. The van der Waals surface area contributed by atoms with Gasteiger partial charge in [-0.2, -0.15) is 31.0 Å². The number of nitrogens with zero attached hydrogens (tertiary/aromatic N) is 5. The third kappa shape index (κ3) is 7.10. The Kier molecular flexibility index (Phi) is 8.97. The lowest BCUT2D eigenvalue weighted by atomic mass is 10.0. The molecule has 0 fully saturated rings. The van der Waals surface area contributed by atoms with E-state index < -0.39 is 47.0 Å². The monoisotopic (exact) mass is 579 g/mol. The fourth-order valence-electron chi connectivity index (χ4n) is 3.47. The van der Waals surface area contributed by atoms with E-state index in [9.17, 15) is 41.0 Å². The van der Waals surface area contributed by atoms with Crippen LogP contribution in [-0.2, 0) is 12.4 Å². The third-order valence-electron chi connectivity index (χ3n) is 5.19. The molecule has 1 atom stereocenters. The predicted molar refractivity (Wildman–Crippen MR) is 126 cm³/mol. The molecule has 2 amide bonds. The summed E-state index contributed by atoms with van der Waals surface area (Å²) in [4.78, 5) is 35.3. The average molecular weight is 580 g/mol. The number of aromatic nitrogens is 4. The molecule has 0 aliphatic heterocycles. The molecule has 0 saturated heterocycles. The number of benzene rings is 1. The Hall–Kier alpha value is -3.57. The quantitative estimate of drug-likeness (QED) is 0.261. The van der Waals surface area contributed by atoms with Gasteiger partial charge >= 0.3 is 12.4 Å². The van der Waals surface area contributed by atoms with E-state index in [1.54, 1.807) is 0 Å². The Morgan fingerprint density at radius 1 is 1.13 bits per heavy atom. The molecular formula is C22H23F6N7O3S. The zero-order chi connectivity index (χ0) is 29.1. The second-order valence-corrected chi connectivity index (χ2v) is 9.21. The third-order valence-corrected chi connectivity index (χ3v) is 6.15. The number of rotatable bonds is 9. The minimum absolute atomic E-state index is 0.0970. The molecule has 10 nitrogen and oxygen atoms in total. The van der Waals surface area contributed by atoms with Crippen molar-refractivity contribution in [1.82, 2.24) is 30.0 Å². The van der Waals surface area contributed by atoms with Crippen LogP contribution in [0, 0.1) is 6.92 Å². The molecule has 212 valence electrons. The number of aryl methyl sites for hydroxylation is 1. The van der Waals surface area contributed by atoms with E-state index in [1.165, 1.54) is 18.0 Å². The first-order valence-electron chi connectivity index (χ1n) is 11.3. The molecule has 39 heavy (non-hydrogen) atoms. The van der Waals surface area contributed by atoms with Gasteiger partial charge in [-0.05, 0) is 31.5 Å². The maximum Gasteiger partial charge on any atom is 0.416 e. The SMILES string of the molecule is CCCN(CCO)C(=O)c1cnc(-n2nc(C)nc2C(N)NC(=O)c2cc(C(F)(F)F)cc(C(F)(F)F)c2)s1. The van der Waals surface area contributed by atoms with Crippen molar-refractivity contribution in [1.29, 1.82) is 0 Å². The van der Waals surface area contributed by atoms with E-state index in [2.05, 4.69) is 20.4 Å². The highest BCUT2D eigenvalue weighted by atomic mass is 32.1. The smallest absolute Gasteiger partial charge is 0.395 e. The van der Waals surface area contributed by atoms with Crippen LogP contribution >= 0.6 is 11.3 Å². The van der Waals surface area contributed by atoms with E-state index in [-0.39, 0.29) is 53.0 Å². The lowest BCUT2D eigenvalue weighted by Gasteiger charge is -2.19. The Balaban J connectivity index is 1.89. The second-order valence-electron chi connectivity index (χ2n) is 8.20. The summed E-state index contributed by atoms with van der Waals surface area (Å²) in [6.45, 7) is 3.59. The van der Waals surface area contributed by atoms with Crippen LogP contribution in [0.1, 0.15) is 62.3 Å². The summed E-state index contributed by atoms with van der Waals surface area (Å²) in [7, 11) is 0. The van der Waals surface area contributed by atoms with Crippen molar-refractivity contribution < 1.29 is 41.0 Å². The molecular weight excluding hydrogens is 556 g/mol. The van der Waals surface area contributed by atoms with Gasteiger partial charge in [0.15, 0.2) is 5.82 Å². The van der Waals surface area contributed by atoms with Gasteiger partial charge in [0.2, 0.25) is 5.13 Å². The van der Waals surface area contributed by atoms with Crippen LogP contribution in [0.4, 0.5) is 26.3 Å². The van der Waals surface area contributed by atoms with E-state index in [0.717, 1.165) is 16.0 Å². The number of aliphatic hydroxyl groups excluding tert-OH is 1. The van der Waals surface area contributed by atoms with E-state index in [0.29, 0.717) is 13.0 Å². The molecule has 1 aromatic carbocycles. The van der Waals surface area contributed by atoms with Gasteiger partial charge in [-0.3, -0.25) is 9.59 Å². The summed E-state index contributed by atoms with van der Waals surface area (Å²) < 4.78 is 80.1. The number of hydrogen-bond acceptors (Lipinski definition) is 8. The van der Waals surface area contributed by atoms with Crippen molar-refractivity contribution >= 4 is 23.2 Å². The number of thiazole rings is 1. The summed E-state index contributed by atoms with van der Waals surface area (Å²) in [5.41, 5.74) is 1.76. The Morgan fingerprint density at radius 2 is 1.74 bits per heavy atom. The molecule has 2 heterocycles. The molecule has 17 heteroatoms. The number of amides is 2. The fraction of sp³-hybridized carbons (Fsp3) is 0.409. The largest absolute Gasteiger partial charge is 0.416 e. The van der Waals surface area contributed by atoms with Crippen LogP contribution in [0.2, 0.25) is 0 Å². The number of alkyl halides is 6. The zero-order valence-corrected chi connectivity index (χ0v) is 21.3. The highest BCUT2D eigenvalue weighted by Crippen LogP contribution is 2.36. The molecule has 0 bridgehead atoms. The first-order chi connectivity index (χ1) is 18.1. The minimum atomic E-state index is -5.14. The molecule has 3 aromatic rings. The summed E-state index contributed by atoms with van der Waals surface area (Å²) in [5.74, 6) is -1.70. The lowest BCUT2D eigenvalue weighted by molar-refractivity contribution is -0.143. The van der Waals surface area contributed by atoms with Gasteiger partial charge in [0.25, 0.3) is 11.8 Å². The zero-order valence-electron chi connectivity index (χ0n) is 20.5. The predicted octanol–water partition coefficient (Wildman–Crippen LogP) is 3.30. The number of nitrogens with one attached hydrogen (secondary N) is 1. The van der Waals surface area contributed by atoms with Crippen LogP contribution in [0.5, 0.6) is 0 Å². The van der Waals surface area contributed by atoms with Crippen LogP contribution in [0.3, 0.4) is 0 Å². The van der Waals surface area contributed by atoms with E-state index in [4.69, 9.17) is 5.73 Å². The van der Waals surface area contributed by atoms with Gasteiger partial charge in [-0.25, -0.2) is 9.97 Å². The van der Waals surface area contributed by atoms with Crippen LogP contribution in [0.25, 0.3) is 5.13 Å². The normalized spacial score (nSPS) is 12.9. The van der Waals surface area contributed by atoms with Crippen molar-refractivity contribution in [2.45, 2.75) is 38.8 Å². The molecule has 4 N–H and O–H groups in total. The topological polar surface area (TPSA) is 139 Å². The van der Waals surface area contributed by atoms with Gasteiger partial charge in [0.05, 0.1) is 23.9 Å². The lowest BCUT2D eigenvalue weighted by Crippen LogP contribution is -2.36. The minimum Gasteiger partial charge on any atom is -0.395 e. The number of carbonyl (C=O) groups excluding carboxylic acids is 2. The maximum absolute atomic E-state index is 13.2. The van der Waals surface area contributed by atoms with Gasteiger partial charge in [0, 0.05) is 18.7 Å². The van der Waals surface area contributed by atoms with E-state index >= 15 is 0 Å². The number of hydrogen-bond donors (Lipinski definition) is 3. The summed E-state index contributed by atoms with van der Waals surface area (Å²) in [6.07, 6.45) is -9.89. The maximum atomic E-state index is 13.2. The van der Waals surface area contributed by atoms with Gasteiger partial charge in [-0.15, -0.1) is 5.10 Å². The number of aliphatic hydroxyl groups is 1. The first kappa shape index (κ1) is 30.0. The Bertz CT molecular complexity index is 1300. The number of halogens is 6. The van der Waals surface area contributed by atoms with E-state index in [1.807, 2.05) is 6.92 Å². The van der Waals surface area contributed by atoms with Crippen molar-refractivity contribution in [3.05, 3.63) is 57.6 Å². The van der Waals surface area contributed by atoms with Crippen molar-refractivity contribution in [3.63, 3.8) is 0 Å². The molecule has 0 radical (unpaired) electrons. The molecule has 0 aliphatic rings. The van der Waals surface area contributed by atoms with Crippen molar-refractivity contribution in [2.75, 3.05) is 19.7 Å². The number of carbonyl (C=O) groups is 2. The summed E-state index contributed by atoms with van der Waals surface area (Å²) in [5, 5.41) is 15.6. The van der Waals surface area contributed by atoms with Gasteiger partial charge in [-0.1, -0.05) is 18.3 Å². The first-order valence-corrected chi connectivity index (χ1v) is 12.1. The highest BCUT2D eigenvalue weighted by Gasteiger charge is 2.37. The second kappa shape index (κ2) is 11.7. The standard InChI is InChI=1S/C22H23F6N7O3S/c1-3-4-34(5-6-36)19(38)15-10-30-20(39-15)35-17(31-11(2)33-35)16(29)32-18(37)12-7-13(21(23,24)25)9-14(8-12)22(26,27)28/h7-10,16,36H,3-6,29H2,1-2H3,(H,32,37). The molecule has 0 aliphatic carbocycles. The molecule has 0 spiro atoms. The van der Waals surface area contributed by atoms with Gasteiger partial charge < -0.3 is 21.1 Å². The van der Waals surface area contributed by atoms with Gasteiger partial charge in [0.1, 0.15) is 16.9 Å². The molecule has 0 saturated carbocycles. The summed E-state index contributed by atoms with van der Waals surface area (Å²) in [6, 6.07) is 0.459. The van der Waals surface area contributed by atoms with Crippen molar-refractivity contribution in [3.8, 4) is 5.13 Å². The fourth-order valence-corrected chi connectivity index (χ4v) is 4.32. The Labute approximate surface area is 221 Å². The molecule has 3 rings (SSSR count). The Morgan fingerprint density at radius 3 is 2.28 bits per heavy atom. The van der Waals surface area contributed by atoms with Crippen LogP contribution < -0.4 is 11.1 Å². The molecule has 1 unspecified atom stereocenters. The summed E-state index contributed by atoms with van der Waals surface area (Å²) >= 11 is 0.902. The van der Waals surface area contributed by atoms with Crippen LogP contribution in [-0.4, -0.2) is 61.3 Å². The van der Waals surface area contributed by atoms with Crippen LogP contribution in [0.15, 0.2) is 24.4 Å². The number of nitrogens with two attached hydrogens (primary N) is 1. The molecule has 2 aromatic heterocycles. The highest BCUT2D eigenvalue weighted by molar-refractivity contribution is 7.16. The van der Waals surface area contributed by atoms with Crippen molar-refractivity contribution in [2.24, 2.45) is 5.73 Å².